The van der Waals surface area contributed by atoms with E-state index in [2.05, 4.69) is 20.5 Å². The van der Waals surface area contributed by atoms with Gasteiger partial charge in [-0.1, -0.05) is 18.2 Å². The second-order valence-corrected chi connectivity index (χ2v) is 8.16. The molecule has 33 heavy (non-hydrogen) atoms. The van der Waals surface area contributed by atoms with Crippen LogP contribution in [-0.4, -0.2) is 30.1 Å². The number of amides is 1. The summed E-state index contributed by atoms with van der Waals surface area (Å²) in [6.07, 6.45) is 1.84. The molecule has 0 radical (unpaired) electrons. The lowest BCUT2D eigenvalue weighted by Gasteiger charge is -2.13. The summed E-state index contributed by atoms with van der Waals surface area (Å²) in [6.45, 7) is 4.17. The van der Waals surface area contributed by atoms with Crippen LogP contribution in [0.4, 0.5) is 0 Å². The zero-order valence-electron chi connectivity index (χ0n) is 18.0. The molecule has 2 aromatic carbocycles. The molecule has 5 aromatic rings. The lowest BCUT2D eigenvalue weighted by Crippen LogP contribution is -2.25. The number of nitrogens with one attached hydrogen (secondary N) is 2. The maximum absolute atomic E-state index is 13.3. The third kappa shape index (κ3) is 3.62. The van der Waals surface area contributed by atoms with Crippen molar-refractivity contribution in [1.82, 2.24) is 29.5 Å². The lowest BCUT2D eigenvalue weighted by molar-refractivity contribution is 0.0950. The Labute approximate surface area is 193 Å². The van der Waals surface area contributed by atoms with E-state index in [0.717, 1.165) is 16.8 Å². The van der Waals surface area contributed by atoms with Gasteiger partial charge in [0.1, 0.15) is 0 Å². The molecule has 1 amide bonds. The third-order valence-electron chi connectivity index (χ3n) is 5.77. The molecule has 0 fully saturated rings. The summed E-state index contributed by atoms with van der Waals surface area (Å²) in [7, 11) is 0. The van der Waals surface area contributed by atoms with Gasteiger partial charge in [0, 0.05) is 11.8 Å². The van der Waals surface area contributed by atoms with Crippen LogP contribution in [0.2, 0.25) is 0 Å². The number of hydrogen-bond acceptors (Lipinski definition) is 5. The average molecular weight is 457 g/mol. The van der Waals surface area contributed by atoms with Crippen LogP contribution in [0.25, 0.3) is 22.2 Å². The van der Waals surface area contributed by atoms with Crippen LogP contribution in [0.1, 0.15) is 27.3 Å². The maximum atomic E-state index is 13.3. The molecule has 0 saturated heterocycles. The largest absolute Gasteiger partial charge is 0.345 e. The number of aromatic nitrogens is 5. The van der Waals surface area contributed by atoms with Crippen molar-refractivity contribution < 1.29 is 4.79 Å². The van der Waals surface area contributed by atoms with Gasteiger partial charge in [-0.2, -0.15) is 0 Å². The Morgan fingerprint density at radius 1 is 1.09 bits per heavy atom. The van der Waals surface area contributed by atoms with Gasteiger partial charge < -0.3 is 10.3 Å². The highest BCUT2D eigenvalue weighted by Gasteiger charge is 2.14. The monoisotopic (exact) mass is 456 g/mol. The van der Waals surface area contributed by atoms with Crippen molar-refractivity contribution in [3.8, 4) is 5.69 Å². The number of rotatable bonds is 4. The van der Waals surface area contributed by atoms with E-state index in [1.165, 1.54) is 4.57 Å². The molecule has 0 saturated carbocycles. The van der Waals surface area contributed by atoms with Crippen molar-refractivity contribution >= 4 is 34.7 Å². The minimum atomic E-state index is -0.289. The molecule has 8 nitrogen and oxygen atoms in total. The first kappa shape index (κ1) is 20.8. The van der Waals surface area contributed by atoms with E-state index < -0.39 is 0 Å². The van der Waals surface area contributed by atoms with Gasteiger partial charge in [0.05, 0.1) is 23.1 Å². The first-order valence-corrected chi connectivity index (χ1v) is 10.8. The van der Waals surface area contributed by atoms with E-state index in [1.807, 2.05) is 60.8 Å². The molecule has 0 bridgehead atoms. The fourth-order valence-electron chi connectivity index (χ4n) is 3.83. The Bertz CT molecular complexity index is 1660. The Balaban J connectivity index is 1.47. The van der Waals surface area contributed by atoms with Gasteiger partial charge in [-0.15, -0.1) is 10.2 Å². The average Bonchev–Trinajstić information content (AvgIpc) is 3.23. The van der Waals surface area contributed by atoms with Crippen LogP contribution in [0, 0.1) is 18.6 Å². The van der Waals surface area contributed by atoms with Gasteiger partial charge in [-0.05, 0) is 73.6 Å². The molecule has 0 unspecified atom stereocenters. The second kappa shape index (κ2) is 8.10. The first-order chi connectivity index (χ1) is 15.9. The Hall–Kier alpha value is -4.11. The van der Waals surface area contributed by atoms with E-state index in [-0.39, 0.29) is 22.8 Å². The summed E-state index contributed by atoms with van der Waals surface area (Å²) < 4.78 is 3.58. The van der Waals surface area contributed by atoms with Crippen molar-refractivity contribution in [2.24, 2.45) is 0 Å². The van der Waals surface area contributed by atoms with Crippen molar-refractivity contribution in [2.45, 2.75) is 20.4 Å². The van der Waals surface area contributed by atoms with E-state index in [1.54, 1.807) is 18.2 Å². The predicted molar refractivity (Wildman–Crippen MR) is 128 cm³/mol. The number of fused-ring (bicyclic) bond motifs is 2. The molecule has 3 heterocycles. The minimum absolute atomic E-state index is 0.215. The first-order valence-electron chi connectivity index (χ1n) is 10.4. The standard InChI is InChI=1S/C24H20N6O2S/c1-14-6-5-7-19(15(14)2)30-23(32)17-10-9-16(12-18(17)26-24(30)33)22(31)25-13-21-28-27-20-8-3-4-11-29(20)21/h3-12H,13H2,1-2H3,(H,25,31)(H,26,33). The summed E-state index contributed by atoms with van der Waals surface area (Å²) in [5.74, 6) is 0.332. The number of pyridine rings is 1. The van der Waals surface area contributed by atoms with Gasteiger partial charge in [0.15, 0.2) is 16.2 Å². The topological polar surface area (TPSA) is 97.1 Å². The third-order valence-corrected chi connectivity index (χ3v) is 6.05. The quantitative estimate of drug-likeness (QED) is 0.403. The molecule has 9 heteroatoms. The molecule has 2 N–H and O–H groups in total. The molecular weight excluding hydrogens is 436 g/mol. The Morgan fingerprint density at radius 3 is 2.79 bits per heavy atom. The summed E-state index contributed by atoms with van der Waals surface area (Å²) in [5, 5.41) is 11.5. The number of carbonyl (C=O) groups excluding carboxylic acids is 1. The highest BCUT2D eigenvalue weighted by molar-refractivity contribution is 7.71. The normalized spacial score (nSPS) is 11.2. The number of H-pyrrole nitrogens is 1. The van der Waals surface area contributed by atoms with E-state index >= 15 is 0 Å². The van der Waals surface area contributed by atoms with Gasteiger partial charge in [0.2, 0.25) is 0 Å². The van der Waals surface area contributed by atoms with Crippen molar-refractivity contribution in [3.05, 3.63) is 98.4 Å². The highest BCUT2D eigenvalue weighted by Crippen LogP contribution is 2.18. The van der Waals surface area contributed by atoms with Gasteiger partial charge >= 0.3 is 0 Å². The van der Waals surface area contributed by atoms with Gasteiger partial charge in [-0.25, -0.2) is 0 Å². The van der Waals surface area contributed by atoms with E-state index in [4.69, 9.17) is 12.2 Å². The molecule has 5 rings (SSSR count). The van der Waals surface area contributed by atoms with Crippen LogP contribution in [-0.2, 0) is 6.54 Å². The van der Waals surface area contributed by atoms with Crippen molar-refractivity contribution in [3.63, 3.8) is 0 Å². The Morgan fingerprint density at radius 2 is 1.94 bits per heavy atom. The van der Waals surface area contributed by atoms with Crippen LogP contribution in [0.5, 0.6) is 0 Å². The van der Waals surface area contributed by atoms with Gasteiger partial charge in [-0.3, -0.25) is 18.6 Å². The van der Waals surface area contributed by atoms with E-state index in [0.29, 0.717) is 27.9 Å². The molecule has 3 aromatic heterocycles. The summed E-state index contributed by atoms with van der Waals surface area (Å²) in [6, 6.07) is 16.3. The van der Waals surface area contributed by atoms with Crippen LogP contribution >= 0.6 is 12.2 Å². The molecule has 0 aliphatic heterocycles. The predicted octanol–water partition coefficient (Wildman–Crippen LogP) is 3.64. The number of hydrogen-bond donors (Lipinski definition) is 2. The fourth-order valence-corrected chi connectivity index (χ4v) is 4.12. The molecule has 164 valence electrons. The number of aromatic amines is 1. The number of aryl methyl sites for hydroxylation is 1. The summed E-state index contributed by atoms with van der Waals surface area (Å²) >= 11 is 5.50. The Kier molecular flexibility index (Phi) is 5.10. The molecular formula is C24H20N6O2S. The zero-order chi connectivity index (χ0) is 23.1. The van der Waals surface area contributed by atoms with Crippen LogP contribution < -0.4 is 10.9 Å². The maximum Gasteiger partial charge on any atom is 0.266 e. The van der Waals surface area contributed by atoms with Crippen LogP contribution in [0.15, 0.2) is 65.6 Å². The molecule has 0 aliphatic carbocycles. The number of nitrogens with zero attached hydrogens (tertiary/aromatic N) is 4. The summed E-state index contributed by atoms with van der Waals surface area (Å²) in [4.78, 5) is 29.1. The smallest absolute Gasteiger partial charge is 0.266 e. The molecule has 0 aliphatic rings. The zero-order valence-corrected chi connectivity index (χ0v) is 18.8. The van der Waals surface area contributed by atoms with Crippen molar-refractivity contribution in [1.29, 1.82) is 0 Å². The highest BCUT2D eigenvalue weighted by atomic mass is 32.1. The number of benzene rings is 2. The fraction of sp³-hybridized carbons (Fsp3) is 0.125. The van der Waals surface area contributed by atoms with Gasteiger partial charge in [0.25, 0.3) is 11.5 Å². The SMILES string of the molecule is Cc1cccc(-n2c(=S)[nH]c3cc(C(=O)NCc4nnc5ccccn45)ccc3c2=O)c1C. The summed E-state index contributed by atoms with van der Waals surface area (Å²) in [5.41, 5.74) is 4.19. The lowest BCUT2D eigenvalue weighted by atomic mass is 10.1. The van der Waals surface area contributed by atoms with Crippen molar-refractivity contribution in [2.75, 3.05) is 0 Å². The van der Waals surface area contributed by atoms with E-state index in [9.17, 15) is 9.59 Å². The number of carbonyl (C=O) groups is 1. The molecule has 0 atom stereocenters. The second-order valence-electron chi connectivity index (χ2n) is 7.78. The molecule has 0 spiro atoms. The van der Waals surface area contributed by atoms with Crippen LogP contribution in [0.3, 0.4) is 0 Å². The minimum Gasteiger partial charge on any atom is -0.345 e.